The van der Waals surface area contributed by atoms with Gasteiger partial charge < -0.3 is 10.3 Å². The predicted molar refractivity (Wildman–Crippen MR) is 80.9 cm³/mol. The van der Waals surface area contributed by atoms with Crippen LogP contribution in [0.2, 0.25) is 0 Å². The van der Waals surface area contributed by atoms with Gasteiger partial charge in [-0.2, -0.15) is 5.10 Å². The lowest BCUT2D eigenvalue weighted by Crippen LogP contribution is -2.27. The highest BCUT2D eigenvalue weighted by atomic mass is 19.1. The molecule has 0 bridgehead atoms. The summed E-state index contributed by atoms with van der Waals surface area (Å²) in [6.45, 7) is 1.83. The van der Waals surface area contributed by atoms with Crippen LogP contribution in [0.1, 0.15) is 24.3 Å². The molecule has 0 atom stereocenters. The Morgan fingerprint density at radius 3 is 2.82 bits per heavy atom. The third-order valence-corrected chi connectivity index (χ3v) is 4.24. The van der Waals surface area contributed by atoms with E-state index in [1.54, 1.807) is 10.9 Å². The largest absolute Gasteiger partial charge is 0.336 e. The Labute approximate surface area is 126 Å². The van der Waals surface area contributed by atoms with Crippen molar-refractivity contribution in [2.24, 2.45) is 7.05 Å². The van der Waals surface area contributed by atoms with Crippen LogP contribution in [0.15, 0.2) is 18.6 Å². The molecule has 4 rings (SSSR count). The van der Waals surface area contributed by atoms with E-state index in [9.17, 15) is 4.39 Å². The third-order valence-electron chi connectivity index (χ3n) is 4.24. The van der Waals surface area contributed by atoms with Gasteiger partial charge in [0.15, 0.2) is 5.65 Å². The molecule has 0 saturated carbocycles. The molecule has 4 heterocycles. The van der Waals surface area contributed by atoms with E-state index >= 15 is 0 Å². The van der Waals surface area contributed by atoms with Crippen molar-refractivity contribution in [2.45, 2.75) is 18.8 Å². The summed E-state index contributed by atoms with van der Waals surface area (Å²) in [6, 6.07) is 0. The number of aryl methyl sites for hydroxylation is 1. The van der Waals surface area contributed by atoms with Crippen molar-refractivity contribution in [2.75, 3.05) is 13.1 Å². The van der Waals surface area contributed by atoms with Gasteiger partial charge in [-0.25, -0.2) is 14.4 Å². The minimum absolute atomic E-state index is 0.203. The summed E-state index contributed by atoms with van der Waals surface area (Å²) in [5.74, 6) is 0.631. The zero-order valence-corrected chi connectivity index (χ0v) is 12.3. The van der Waals surface area contributed by atoms with Gasteiger partial charge in [0, 0.05) is 18.8 Å². The van der Waals surface area contributed by atoms with Gasteiger partial charge in [-0.1, -0.05) is 0 Å². The molecule has 0 spiro atoms. The summed E-state index contributed by atoms with van der Waals surface area (Å²) >= 11 is 0. The molecule has 0 aliphatic carbocycles. The Balaban J connectivity index is 1.85. The molecule has 1 aliphatic rings. The standard InChI is InChI=1S/C15H17FN6/c1-22-8-10(6-19-22)14-20-13-12(9-2-4-17-5-3-9)11(16)7-18-15(13)21-14/h6-9,17H,2-5H2,1H3,(H,18,20,21). The Bertz CT molecular complexity index is 815. The number of halogens is 1. The first kappa shape index (κ1) is 13.4. The second-order valence-corrected chi connectivity index (χ2v) is 5.73. The van der Waals surface area contributed by atoms with Crippen LogP contribution in [0.3, 0.4) is 0 Å². The fourth-order valence-corrected chi connectivity index (χ4v) is 3.14. The van der Waals surface area contributed by atoms with E-state index in [0.29, 0.717) is 22.6 Å². The van der Waals surface area contributed by atoms with E-state index in [2.05, 4.69) is 25.4 Å². The molecular weight excluding hydrogens is 283 g/mol. The molecule has 3 aromatic heterocycles. The molecular formula is C15H17FN6. The molecule has 114 valence electrons. The van der Waals surface area contributed by atoms with Crippen LogP contribution in [-0.4, -0.2) is 37.8 Å². The van der Waals surface area contributed by atoms with Gasteiger partial charge in [0.2, 0.25) is 0 Å². The molecule has 0 unspecified atom stereocenters. The van der Waals surface area contributed by atoms with Crippen LogP contribution in [0.4, 0.5) is 4.39 Å². The Hall–Kier alpha value is -2.28. The van der Waals surface area contributed by atoms with E-state index in [1.165, 1.54) is 6.20 Å². The van der Waals surface area contributed by atoms with E-state index in [0.717, 1.165) is 31.5 Å². The highest BCUT2D eigenvalue weighted by Crippen LogP contribution is 2.32. The van der Waals surface area contributed by atoms with Gasteiger partial charge >= 0.3 is 0 Å². The number of pyridine rings is 1. The molecule has 0 amide bonds. The average Bonchev–Trinajstić information content (AvgIpc) is 3.14. The first-order chi connectivity index (χ1) is 10.7. The topological polar surface area (TPSA) is 71.4 Å². The number of aromatic nitrogens is 5. The summed E-state index contributed by atoms with van der Waals surface area (Å²) in [4.78, 5) is 11.9. The molecule has 6 nitrogen and oxygen atoms in total. The third kappa shape index (κ3) is 2.18. The molecule has 1 aliphatic heterocycles. The highest BCUT2D eigenvalue weighted by Gasteiger charge is 2.23. The SMILES string of the molecule is Cn1cc(-c2nc3ncc(F)c(C4CCNCC4)c3[nH]2)cn1. The monoisotopic (exact) mass is 300 g/mol. The van der Waals surface area contributed by atoms with E-state index < -0.39 is 0 Å². The van der Waals surface area contributed by atoms with Gasteiger partial charge in [0.25, 0.3) is 0 Å². The lowest BCUT2D eigenvalue weighted by Gasteiger charge is -2.23. The first-order valence-electron chi connectivity index (χ1n) is 7.46. The first-order valence-corrected chi connectivity index (χ1v) is 7.46. The maximum atomic E-state index is 14.4. The van der Waals surface area contributed by atoms with Gasteiger partial charge in [-0.15, -0.1) is 0 Å². The fraction of sp³-hybridized carbons (Fsp3) is 0.400. The highest BCUT2D eigenvalue weighted by molar-refractivity contribution is 5.79. The maximum Gasteiger partial charge on any atom is 0.178 e. The zero-order chi connectivity index (χ0) is 15.1. The molecule has 0 aromatic carbocycles. The van der Waals surface area contributed by atoms with Crippen LogP contribution in [0.5, 0.6) is 0 Å². The van der Waals surface area contributed by atoms with Gasteiger partial charge in [0.05, 0.1) is 23.5 Å². The van der Waals surface area contributed by atoms with E-state index in [1.807, 2.05) is 13.2 Å². The van der Waals surface area contributed by atoms with Crippen LogP contribution in [0.25, 0.3) is 22.6 Å². The number of imidazole rings is 1. The number of rotatable bonds is 2. The summed E-state index contributed by atoms with van der Waals surface area (Å²) < 4.78 is 16.1. The average molecular weight is 300 g/mol. The van der Waals surface area contributed by atoms with E-state index in [-0.39, 0.29) is 11.7 Å². The second-order valence-electron chi connectivity index (χ2n) is 5.73. The number of hydrogen-bond donors (Lipinski definition) is 2. The molecule has 1 saturated heterocycles. The summed E-state index contributed by atoms with van der Waals surface area (Å²) in [6.07, 6.45) is 6.75. The maximum absolute atomic E-state index is 14.4. The Kier molecular flexibility index (Phi) is 3.15. The van der Waals surface area contributed by atoms with Crippen molar-refractivity contribution < 1.29 is 4.39 Å². The number of piperidine rings is 1. The minimum Gasteiger partial charge on any atom is -0.336 e. The lowest BCUT2D eigenvalue weighted by atomic mass is 9.90. The molecule has 0 radical (unpaired) electrons. The van der Waals surface area contributed by atoms with Crippen LogP contribution >= 0.6 is 0 Å². The molecule has 2 N–H and O–H groups in total. The van der Waals surface area contributed by atoms with Gasteiger partial charge in [0.1, 0.15) is 11.6 Å². The van der Waals surface area contributed by atoms with Gasteiger partial charge in [-0.05, 0) is 31.8 Å². The summed E-state index contributed by atoms with van der Waals surface area (Å²) in [5.41, 5.74) is 2.87. The Morgan fingerprint density at radius 2 is 2.09 bits per heavy atom. The van der Waals surface area contributed by atoms with Crippen molar-refractivity contribution >= 4 is 11.2 Å². The number of nitrogens with zero attached hydrogens (tertiary/aromatic N) is 4. The second kappa shape index (κ2) is 5.17. The quantitative estimate of drug-likeness (QED) is 0.759. The van der Waals surface area contributed by atoms with E-state index in [4.69, 9.17) is 0 Å². The normalized spacial score (nSPS) is 16.5. The van der Waals surface area contributed by atoms with Gasteiger partial charge in [-0.3, -0.25) is 4.68 Å². The zero-order valence-electron chi connectivity index (χ0n) is 12.3. The van der Waals surface area contributed by atoms with Crippen molar-refractivity contribution in [1.82, 2.24) is 30.0 Å². The summed E-state index contributed by atoms with van der Waals surface area (Å²) in [7, 11) is 1.85. The minimum atomic E-state index is -0.249. The van der Waals surface area contributed by atoms with Crippen LogP contribution in [0, 0.1) is 5.82 Å². The molecule has 7 heteroatoms. The van der Waals surface area contributed by atoms with Crippen LogP contribution < -0.4 is 5.32 Å². The fourth-order valence-electron chi connectivity index (χ4n) is 3.14. The number of aromatic amines is 1. The molecule has 22 heavy (non-hydrogen) atoms. The van der Waals surface area contributed by atoms with Crippen LogP contribution in [-0.2, 0) is 7.05 Å². The lowest BCUT2D eigenvalue weighted by molar-refractivity contribution is 0.446. The molecule has 3 aromatic rings. The number of hydrogen-bond acceptors (Lipinski definition) is 4. The van der Waals surface area contributed by atoms with Crippen molar-refractivity contribution in [3.05, 3.63) is 30.0 Å². The molecule has 1 fully saturated rings. The Morgan fingerprint density at radius 1 is 1.27 bits per heavy atom. The van der Waals surface area contributed by atoms with Crippen molar-refractivity contribution in [3.8, 4) is 11.4 Å². The van der Waals surface area contributed by atoms with Crippen molar-refractivity contribution in [3.63, 3.8) is 0 Å². The van der Waals surface area contributed by atoms with Crippen molar-refractivity contribution in [1.29, 1.82) is 0 Å². The predicted octanol–water partition coefficient (Wildman–Crippen LogP) is 1.96. The number of H-pyrrole nitrogens is 1. The smallest absolute Gasteiger partial charge is 0.178 e. The summed E-state index contributed by atoms with van der Waals surface area (Å²) in [5, 5.41) is 7.46. The number of nitrogens with one attached hydrogen (secondary N) is 2. The number of fused-ring (bicyclic) bond motifs is 1.